The fraction of sp³-hybridized carbons (Fsp3) is 0.273. The Labute approximate surface area is 93.6 Å². The molecule has 0 heterocycles. The number of hydrogen-bond acceptors (Lipinski definition) is 4. The van der Waals surface area contributed by atoms with E-state index in [-0.39, 0.29) is 6.54 Å². The first kappa shape index (κ1) is 12.0. The number of methoxy groups -OCH3 is 2. The fourth-order valence-electron chi connectivity index (χ4n) is 1.19. The van der Waals surface area contributed by atoms with E-state index >= 15 is 0 Å². The second-order valence-corrected chi connectivity index (χ2v) is 3.01. The van der Waals surface area contributed by atoms with Crippen molar-refractivity contribution in [1.82, 2.24) is 4.90 Å². The van der Waals surface area contributed by atoms with Crippen LogP contribution in [0.3, 0.4) is 0 Å². The molecule has 5 nitrogen and oxygen atoms in total. The van der Waals surface area contributed by atoms with Gasteiger partial charge in [-0.05, 0) is 5.56 Å². The van der Waals surface area contributed by atoms with Gasteiger partial charge >= 0.3 is 12.2 Å². The number of carbonyl (C=O) groups excluding carboxylic acids is 2. The van der Waals surface area contributed by atoms with Gasteiger partial charge in [-0.25, -0.2) is 14.5 Å². The van der Waals surface area contributed by atoms with Gasteiger partial charge in [0, 0.05) is 0 Å². The molecule has 0 bridgehead atoms. The molecule has 0 atom stereocenters. The summed E-state index contributed by atoms with van der Waals surface area (Å²) in [5, 5.41) is 0. The standard InChI is InChI=1S/C11H13NO4/c1-15-10(13)12(11(14)16-2)8-9-6-4-3-5-7-9/h3-7H,8H2,1-2H3. The summed E-state index contributed by atoms with van der Waals surface area (Å²) in [4.78, 5) is 23.5. The summed E-state index contributed by atoms with van der Waals surface area (Å²) in [5.74, 6) is 0. The van der Waals surface area contributed by atoms with Gasteiger partial charge in [0.15, 0.2) is 0 Å². The van der Waals surface area contributed by atoms with Crippen LogP contribution >= 0.6 is 0 Å². The van der Waals surface area contributed by atoms with Crippen LogP contribution in [0.1, 0.15) is 5.56 Å². The van der Waals surface area contributed by atoms with E-state index in [1.807, 2.05) is 18.2 Å². The van der Waals surface area contributed by atoms with Gasteiger partial charge in [0.2, 0.25) is 0 Å². The average Bonchev–Trinajstić information content (AvgIpc) is 2.35. The Hall–Kier alpha value is -2.04. The minimum atomic E-state index is -0.740. The topological polar surface area (TPSA) is 55.8 Å². The first-order chi connectivity index (χ1) is 7.69. The van der Waals surface area contributed by atoms with Gasteiger partial charge in [-0.15, -0.1) is 0 Å². The quantitative estimate of drug-likeness (QED) is 0.769. The molecule has 0 unspecified atom stereocenters. The van der Waals surface area contributed by atoms with E-state index in [0.29, 0.717) is 0 Å². The van der Waals surface area contributed by atoms with Crippen molar-refractivity contribution in [2.75, 3.05) is 14.2 Å². The van der Waals surface area contributed by atoms with E-state index in [9.17, 15) is 9.59 Å². The molecule has 16 heavy (non-hydrogen) atoms. The largest absolute Gasteiger partial charge is 0.452 e. The molecular weight excluding hydrogens is 210 g/mol. The van der Waals surface area contributed by atoms with Crippen molar-refractivity contribution in [3.63, 3.8) is 0 Å². The molecule has 0 spiro atoms. The highest BCUT2D eigenvalue weighted by Crippen LogP contribution is 2.07. The van der Waals surface area contributed by atoms with E-state index in [1.54, 1.807) is 12.1 Å². The van der Waals surface area contributed by atoms with Crippen molar-refractivity contribution in [3.05, 3.63) is 35.9 Å². The molecule has 0 saturated carbocycles. The molecule has 86 valence electrons. The lowest BCUT2D eigenvalue weighted by atomic mass is 10.2. The molecule has 1 aromatic carbocycles. The average molecular weight is 223 g/mol. The summed E-state index contributed by atoms with van der Waals surface area (Å²) in [5.41, 5.74) is 0.818. The minimum Gasteiger partial charge on any atom is -0.452 e. The lowest BCUT2D eigenvalue weighted by Crippen LogP contribution is -2.36. The van der Waals surface area contributed by atoms with E-state index in [1.165, 1.54) is 14.2 Å². The Bertz CT molecular complexity index is 348. The van der Waals surface area contributed by atoms with Gasteiger partial charge in [-0.2, -0.15) is 0 Å². The number of ether oxygens (including phenoxy) is 2. The lowest BCUT2D eigenvalue weighted by Gasteiger charge is -2.17. The number of rotatable bonds is 2. The highest BCUT2D eigenvalue weighted by molar-refractivity contribution is 5.87. The normalized spacial score (nSPS) is 9.38. The molecule has 1 aromatic rings. The summed E-state index contributed by atoms with van der Waals surface area (Å²) in [7, 11) is 2.42. The molecule has 0 aliphatic carbocycles. The summed E-state index contributed by atoms with van der Waals surface area (Å²) < 4.78 is 8.99. The van der Waals surface area contributed by atoms with Crippen LogP contribution in [0.2, 0.25) is 0 Å². The van der Waals surface area contributed by atoms with E-state index < -0.39 is 12.2 Å². The zero-order valence-electron chi connectivity index (χ0n) is 9.17. The smallest absolute Gasteiger partial charge is 0.419 e. The number of nitrogens with zero attached hydrogens (tertiary/aromatic N) is 1. The van der Waals surface area contributed by atoms with Crippen LogP contribution in [-0.4, -0.2) is 31.3 Å². The van der Waals surface area contributed by atoms with Crippen molar-refractivity contribution >= 4 is 12.2 Å². The Kier molecular flexibility index (Phi) is 4.32. The maximum absolute atomic E-state index is 11.3. The van der Waals surface area contributed by atoms with Gasteiger partial charge in [0.25, 0.3) is 0 Å². The molecule has 0 radical (unpaired) electrons. The second kappa shape index (κ2) is 5.75. The van der Waals surface area contributed by atoms with Crippen LogP contribution < -0.4 is 0 Å². The van der Waals surface area contributed by atoms with Crippen molar-refractivity contribution in [2.24, 2.45) is 0 Å². The molecule has 0 aliphatic heterocycles. The van der Waals surface area contributed by atoms with Crippen LogP contribution in [0.5, 0.6) is 0 Å². The van der Waals surface area contributed by atoms with Crippen molar-refractivity contribution in [1.29, 1.82) is 0 Å². The van der Waals surface area contributed by atoms with Crippen LogP contribution in [0.25, 0.3) is 0 Å². The van der Waals surface area contributed by atoms with E-state index in [2.05, 4.69) is 9.47 Å². The molecule has 0 N–H and O–H groups in total. The minimum absolute atomic E-state index is 0.125. The van der Waals surface area contributed by atoms with Crippen LogP contribution in [0, 0.1) is 0 Å². The summed E-state index contributed by atoms with van der Waals surface area (Å²) in [6.45, 7) is 0.125. The number of imide groups is 1. The predicted molar refractivity (Wildman–Crippen MR) is 56.8 cm³/mol. The van der Waals surface area contributed by atoms with Crippen molar-refractivity contribution < 1.29 is 19.1 Å². The molecule has 1 rings (SSSR count). The third-order valence-electron chi connectivity index (χ3n) is 1.97. The number of hydrogen-bond donors (Lipinski definition) is 0. The van der Waals surface area contributed by atoms with Crippen LogP contribution in [0.15, 0.2) is 30.3 Å². The fourth-order valence-corrected chi connectivity index (χ4v) is 1.19. The Balaban J connectivity index is 2.79. The molecule has 0 saturated heterocycles. The van der Waals surface area contributed by atoms with Gasteiger partial charge in [0.05, 0.1) is 20.8 Å². The van der Waals surface area contributed by atoms with Gasteiger partial charge in [-0.1, -0.05) is 30.3 Å². The van der Waals surface area contributed by atoms with Crippen LogP contribution in [0.4, 0.5) is 9.59 Å². The summed E-state index contributed by atoms with van der Waals surface area (Å²) >= 11 is 0. The Morgan fingerprint density at radius 2 is 1.56 bits per heavy atom. The van der Waals surface area contributed by atoms with Crippen LogP contribution in [-0.2, 0) is 16.0 Å². The summed E-state index contributed by atoms with van der Waals surface area (Å²) in [6, 6.07) is 9.10. The molecule has 0 aliphatic rings. The first-order valence-electron chi connectivity index (χ1n) is 4.66. The summed E-state index contributed by atoms with van der Waals surface area (Å²) in [6.07, 6.45) is -1.48. The number of carbonyl (C=O) groups is 2. The third kappa shape index (κ3) is 2.98. The van der Waals surface area contributed by atoms with Gasteiger partial charge in [0.1, 0.15) is 0 Å². The molecule has 2 amide bonds. The Morgan fingerprint density at radius 1 is 1.06 bits per heavy atom. The Morgan fingerprint density at radius 3 is 2.00 bits per heavy atom. The zero-order chi connectivity index (χ0) is 12.0. The first-order valence-corrected chi connectivity index (χ1v) is 4.66. The number of amides is 2. The third-order valence-corrected chi connectivity index (χ3v) is 1.97. The van der Waals surface area contributed by atoms with Crippen molar-refractivity contribution in [2.45, 2.75) is 6.54 Å². The predicted octanol–water partition coefficient (Wildman–Crippen LogP) is 2.02. The lowest BCUT2D eigenvalue weighted by molar-refractivity contribution is 0.0961. The van der Waals surface area contributed by atoms with E-state index in [4.69, 9.17) is 0 Å². The molecular formula is C11H13NO4. The van der Waals surface area contributed by atoms with Gasteiger partial charge < -0.3 is 9.47 Å². The SMILES string of the molecule is COC(=O)N(Cc1ccccc1)C(=O)OC. The maximum Gasteiger partial charge on any atom is 0.419 e. The van der Waals surface area contributed by atoms with Crippen molar-refractivity contribution in [3.8, 4) is 0 Å². The number of benzene rings is 1. The molecule has 0 fully saturated rings. The van der Waals surface area contributed by atoms with Gasteiger partial charge in [-0.3, -0.25) is 0 Å². The van der Waals surface area contributed by atoms with E-state index in [0.717, 1.165) is 10.5 Å². The second-order valence-electron chi connectivity index (χ2n) is 3.01. The highest BCUT2D eigenvalue weighted by atomic mass is 16.6. The molecule has 0 aromatic heterocycles. The highest BCUT2D eigenvalue weighted by Gasteiger charge is 2.22. The zero-order valence-corrected chi connectivity index (χ0v) is 9.17. The molecule has 5 heteroatoms. The monoisotopic (exact) mass is 223 g/mol. The maximum atomic E-state index is 11.3.